The lowest BCUT2D eigenvalue weighted by molar-refractivity contribution is 0.401. The summed E-state index contributed by atoms with van der Waals surface area (Å²) < 4.78 is 5.36. The van der Waals surface area contributed by atoms with E-state index in [4.69, 9.17) is 4.42 Å². The van der Waals surface area contributed by atoms with E-state index in [1.165, 1.54) is 17.3 Å². The van der Waals surface area contributed by atoms with Crippen LogP contribution in [0.15, 0.2) is 81.2 Å². The summed E-state index contributed by atoms with van der Waals surface area (Å²) in [5, 5.41) is 3.00. The van der Waals surface area contributed by atoms with Gasteiger partial charge in [0.2, 0.25) is 0 Å². The third-order valence-electron chi connectivity index (χ3n) is 3.68. The van der Waals surface area contributed by atoms with E-state index in [1.807, 2.05) is 66.7 Å². The van der Waals surface area contributed by atoms with Crippen molar-refractivity contribution in [3.8, 4) is 0 Å². The SMILES string of the molecule is O=c1oc(SCc2ccccc2)nc2cc3ccccc3cc12. The Morgan fingerprint density at radius 3 is 2.39 bits per heavy atom. The molecule has 0 amide bonds. The zero-order valence-corrected chi connectivity index (χ0v) is 13.0. The molecule has 0 N–H and O–H groups in total. The fourth-order valence-electron chi connectivity index (χ4n) is 2.52. The maximum Gasteiger partial charge on any atom is 0.347 e. The highest BCUT2D eigenvalue weighted by molar-refractivity contribution is 7.98. The minimum Gasteiger partial charge on any atom is -0.397 e. The minimum absolute atomic E-state index is 0.337. The van der Waals surface area contributed by atoms with Gasteiger partial charge in [-0.05, 0) is 28.5 Å². The molecule has 1 heterocycles. The van der Waals surface area contributed by atoms with Crippen LogP contribution in [-0.2, 0) is 5.75 Å². The predicted octanol–water partition coefficient (Wildman–Crippen LogP) is 4.63. The number of thioether (sulfide) groups is 1. The maximum absolute atomic E-state index is 12.2. The molecule has 4 rings (SSSR count). The summed E-state index contributed by atoms with van der Waals surface area (Å²) in [6.07, 6.45) is 0. The van der Waals surface area contributed by atoms with Crippen molar-refractivity contribution in [3.05, 3.63) is 82.7 Å². The van der Waals surface area contributed by atoms with Crippen molar-refractivity contribution in [3.63, 3.8) is 0 Å². The summed E-state index contributed by atoms with van der Waals surface area (Å²) in [4.78, 5) is 16.7. The second-order valence-electron chi connectivity index (χ2n) is 5.26. The van der Waals surface area contributed by atoms with E-state index in [2.05, 4.69) is 4.98 Å². The average Bonchev–Trinajstić information content (AvgIpc) is 2.59. The van der Waals surface area contributed by atoms with Crippen LogP contribution in [0.5, 0.6) is 0 Å². The molecular formula is C19H13NO2S. The number of benzene rings is 3. The molecule has 0 aliphatic rings. The summed E-state index contributed by atoms with van der Waals surface area (Å²) in [6.45, 7) is 0. The van der Waals surface area contributed by atoms with Crippen molar-refractivity contribution in [2.75, 3.05) is 0 Å². The Labute approximate surface area is 137 Å². The highest BCUT2D eigenvalue weighted by Gasteiger charge is 2.08. The van der Waals surface area contributed by atoms with E-state index < -0.39 is 0 Å². The summed E-state index contributed by atoms with van der Waals surface area (Å²) in [7, 11) is 0. The third kappa shape index (κ3) is 2.85. The summed E-state index contributed by atoms with van der Waals surface area (Å²) in [5.41, 5.74) is 1.51. The maximum atomic E-state index is 12.2. The Bertz CT molecular complexity index is 1040. The van der Waals surface area contributed by atoms with Crippen LogP contribution in [0, 0.1) is 0 Å². The van der Waals surface area contributed by atoms with Crippen molar-refractivity contribution < 1.29 is 4.42 Å². The highest BCUT2D eigenvalue weighted by Crippen LogP contribution is 2.24. The molecule has 3 nitrogen and oxygen atoms in total. The molecular weight excluding hydrogens is 306 g/mol. The van der Waals surface area contributed by atoms with Crippen molar-refractivity contribution in [2.24, 2.45) is 0 Å². The Morgan fingerprint density at radius 1 is 0.913 bits per heavy atom. The highest BCUT2D eigenvalue weighted by atomic mass is 32.2. The summed E-state index contributed by atoms with van der Waals surface area (Å²) in [5.74, 6) is 0.718. The van der Waals surface area contributed by atoms with Crippen LogP contribution in [0.4, 0.5) is 0 Å². The number of rotatable bonds is 3. The van der Waals surface area contributed by atoms with E-state index in [0.29, 0.717) is 16.1 Å². The third-order valence-corrected chi connectivity index (χ3v) is 4.58. The molecule has 112 valence electrons. The van der Waals surface area contributed by atoms with Gasteiger partial charge in [-0.3, -0.25) is 0 Å². The van der Waals surface area contributed by atoms with Gasteiger partial charge in [-0.15, -0.1) is 0 Å². The second kappa shape index (κ2) is 5.89. The smallest absolute Gasteiger partial charge is 0.347 e. The van der Waals surface area contributed by atoms with E-state index >= 15 is 0 Å². The van der Waals surface area contributed by atoms with Crippen LogP contribution in [0.3, 0.4) is 0 Å². The number of hydrogen-bond acceptors (Lipinski definition) is 4. The molecule has 0 aliphatic heterocycles. The molecule has 0 saturated carbocycles. The monoisotopic (exact) mass is 319 g/mol. The lowest BCUT2D eigenvalue weighted by Gasteiger charge is -2.03. The van der Waals surface area contributed by atoms with Crippen LogP contribution >= 0.6 is 11.8 Å². The summed E-state index contributed by atoms with van der Waals surface area (Å²) >= 11 is 1.43. The normalized spacial score (nSPS) is 11.1. The Balaban J connectivity index is 1.74. The van der Waals surface area contributed by atoms with Gasteiger partial charge in [0, 0.05) is 5.75 Å². The molecule has 0 spiro atoms. The zero-order chi connectivity index (χ0) is 15.6. The van der Waals surface area contributed by atoms with E-state index in [-0.39, 0.29) is 5.63 Å². The molecule has 4 aromatic rings. The Hall–Kier alpha value is -2.59. The molecule has 0 bridgehead atoms. The lowest BCUT2D eigenvalue weighted by Crippen LogP contribution is -2.02. The van der Waals surface area contributed by atoms with E-state index in [0.717, 1.165) is 16.5 Å². The molecule has 1 aromatic heterocycles. The van der Waals surface area contributed by atoms with E-state index in [1.54, 1.807) is 0 Å². The first-order valence-electron chi connectivity index (χ1n) is 7.30. The number of hydrogen-bond donors (Lipinski definition) is 0. The molecule has 0 unspecified atom stereocenters. The van der Waals surface area contributed by atoms with E-state index in [9.17, 15) is 4.79 Å². The molecule has 23 heavy (non-hydrogen) atoms. The average molecular weight is 319 g/mol. The van der Waals surface area contributed by atoms with Crippen LogP contribution < -0.4 is 5.63 Å². The quantitative estimate of drug-likeness (QED) is 0.408. The predicted molar refractivity (Wildman–Crippen MR) is 93.8 cm³/mol. The molecule has 4 heteroatoms. The van der Waals surface area contributed by atoms with Gasteiger partial charge < -0.3 is 4.42 Å². The molecule has 0 saturated heterocycles. The van der Waals surface area contributed by atoms with Gasteiger partial charge in [-0.2, -0.15) is 0 Å². The van der Waals surface area contributed by atoms with Crippen LogP contribution in [0.1, 0.15) is 5.56 Å². The fourth-order valence-corrected chi connectivity index (χ4v) is 3.30. The molecule has 0 aliphatic carbocycles. The topological polar surface area (TPSA) is 43.1 Å². The van der Waals surface area contributed by atoms with Crippen molar-refractivity contribution in [2.45, 2.75) is 11.0 Å². The first-order chi connectivity index (χ1) is 11.3. The van der Waals surface area contributed by atoms with Gasteiger partial charge in [-0.1, -0.05) is 66.4 Å². The minimum atomic E-state index is -0.337. The number of nitrogens with zero attached hydrogens (tertiary/aromatic N) is 1. The van der Waals surface area contributed by atoms with Crippen molar-refractivity contribution in [1.82, 2.24) is 4.98 Å². The second-order valence-corrected chi connectivity index (χ2v) is 6.18. The zero-order valence-electron chi connectivity index (χ0n) is 12.2. The largest absolute Gasteiger partial charge is 0.397 e. The Kier molecular flexibility index (Phi) is 3.60. The molecule has 0 radical (unpaired) electrons. The van der Waals surface area contributed by atoms with Gasteiger partial charge >= 0.3 is 5.63 Å². The van der Waals surface area contributed by atoms with Gasteiger partial charge in [0.25, 0.3) is 5.22 Å². The Morgan fingerprint density at radius 2 is 1.61 bits per heavy atom. The first-order valence-corrected chi connectivity index (χ1v) is 8.28. The van der Waals surface area contributed by atoms with Gasteiger partial charge in [0.1, 0.15) is 0 Å². The van der Waals surface area contributed by atoms with Gasteiger partial charge in [-0.25, -0.2) is 9.78 Å². The first kappa shape index (κ1) is 14.0. The summed E-state index contributed by atoms with van der Waals surface area (Å²) in [6, 6.07) is 21.8. The van der Waals surface area contributed by atoms with Crippen molar-refractivity contribution in [1.29, 1.82) is 0 Å². The van der Waals surface area contributed by atoms with Gasteiger partial charge in [0.05, 0.1) is 10.9 Å². The fraction of sp³-hybridized carbons (Fsp3) is 0.0526. The van der Waals surface area contributed by atoms with Crippen molar-refractivity contribution >= 4 is 33.4 Å². The molecule has 0 atom stereocenters. The van der Waals surface area contributed by atoms with Crippen LogP contribution in [0.2, 0.25) is 0 Å². The number of fused-ring (bicyclic) bond motifs is 2. The molecule has 0 fully saturated rings. The lowest BCUT2D eigenvalue weighted by atomic mass is 10.1. The molecule has 3 aromatic carbocycles. The van der Waals surface area contributed by atoms with Crippen LogP contribution in [0.25, 0.3) is 21.7 Å². The van der Waals surface area contributed by atoms with Gasteiger partial charge in [0.15, 0.2) is 0 Å². The standard InChI is InChI=1S/C19H13NO2S/c21-18-16-10-14-8-4-5-9-15(14)11-17(16)20-19(22-18)23-12-13-6-2-1-3-7-13/h1-11H,12H2. The number of aromatic nitrogens is 1. The van der Waals surface area contributed by atoms with Crippen LogP contribution in [-0.4, -0.2) is 4.98 Å².